The molecule has 5 rings (SSSR count). The summed E-state index contributed by atoms with van der Waals surface area (Å²) in [5, 5.41) is 12.6. The molecule has 0 unspecified atom stereocenters. The summed E-state index contributed by atoms with van der Waals surface area (Å²) in [6.45, 7) is 18.0. The summed E-state index contributed by atoms with van der Waals surface area (Å²) in [6.07, 6.45) is 5.75. The molecule has 0 aromatic heterocycles. The molecule has 4 aliphatic heterocycles. The summed E-state index contributed by atoms with van der Waals surface area (Å²) in [5.41, 5.74) is -0.276. The number of carbonyl (C=O) groups is 6. The lowest BCUT2D eigenvalue weighted by Gasteiger charge is -2.35. The summed E-state index contributed by atoms with van der Waals surface area (Å²) in [7, 11) is 0. The second-order valence-electron chi connectivity index (χ2n) is 16.6. The molecule has 3 amide bonds. The number of rotatable bonds is 12. The van der Waals surface area contributed by atoms with E-state index >= 15 is 0 Å². The minimum atomic E-state index is -0.955. The molecule has 4 saturated heterocycles. The first-order chi connectivity index (χ1) is 25.4. The first-order valence-corrected chi connectivity index (χ1v) is 20.1. The van der Waals surface area contributed by atoms with Gasteiger partial charge in [0, 0.05) is 31.5 Å². The van der Waals surface area contributed by atoms with Crippen molar-refractivity contribution in [2.75, 3.05) is 26.2 Å². The van der Waals surface area contributed by atoms with Gasteiger partial charge in [-0.15, -0.1) is 0 Å². The predicted octanol–water partition coefficient (Wildman–Crippen LogP) is 6.28. The molecule has 2 spiro atoms. The number of benzene rings is 1. The molecule has 4 fully saturated rings. The van der Waals surface area contributed by atoms with Crippen molar-refractivity contribution in [3.63, 3.8) is 0 Å². The maximum atomic E-state index is 13.1. The molecule has 1 aromatic carbocycles. The third-order valence-corrected chi connectivity index (χ3v) is 11.2. The van der Waals surface area contributed by atoms with Gasteiger partial charge in [0.1, 0.15) is 24.2 Å². The number of ether oxygens (including phenoxy) is 1. The highest BCUT2D eigenvalue weighted by Gasteiger charge is 2.57. The Hall–Kier alpha value is -3.51. The fourth-order valence-corrected chi connectivity index (χ4v) is 7.80. The molecule has 2 N–H and O–H groups in total. The molecular weight excluding hydrogens is 724 g/mol. The number of carbonyl (C=O) groups excluding carboxylic acids is 5. The van der Waals surface area contributed by atoms with Crippen molar-refractivity contribution in [3.8, 4) is 0 Å². The number of esters is 1. The lowest BCUT2D eigenvalue weighted by atomic mass is 9.93. The largest absolute Gasteiger partial charge is 0.480 e. The molecule has 55 heavy (non-hydrogen) atoms. The fraction of sp³-hybridized carbons (Fsp3) is 0.714. The number of aliphatic carboxylic acids is 1. The second kappa shape index (κ2) is 21.1. The van der Waals surface area contributed by atoms with Crippen molar-refractivity contribution in [1.82, 2.24) is 20.0 Å². The molecule has 0 radical (unpaired) electrons. The maximum Gasteiger partial charge on any atom is 0.329 e. The van der Waals surface area contributed by atoms with Crippen LogP contribution in [0.4, 0.5) is 0 Å². The predicted molar refractivity (Wildman–Crippen MR) is 214 cm³/mol. The number of hydrogen-bond donors (Lipinski definition) is 2. The Bertz CT molecular complexity index is 1460. The van der Waals surface area contributed by atoms with Crippen molar-refractivity contribution >= 4 is 46.5 Å². The van der Waals surface area contributed by atoms with E-state index in [1.54, 1.807) is 23.6 Å². The number of carboxylic acid groups (broad SMARTS) is 1. The summed E-state index contributed by atoms with van der Waals surface area (Å²) in [6, 6.07) is 8.37. The van der Waals surface area contributed by atoms with E-state index in [-0.39, 0.29) is 60.7 Å². The molecule has 4 heterocycles. The maximum absolute atomic E-state index is 13.1. The zero-order valence-electron chi connectivity index (χ0n) is 33.6. The van der Waals surface area contributed by atoms with Crippen LogP contribution in [0.15, 0.2) is 30.3 Å². The molecule has 0 bridgehead atoms. The van der Waals surface area contributed by atoms with Crippen LogP contribution in [-0.2, 0) is 40.1 Å². The van der Waals surface area contributed by atoms with E-state index in [1.165, 1.54) is 4.90 Å². The van der Waals surface area contributed by atoms with E-state index in [4.69, 9.17) is 16.3 Å². The number of nitrogens with zero attached hydrogens (tertiary/aromatic N) is 3. The summed E-state index contributed by atoms with van der Waals surface area (Å²) >= 11 is 4.97. The second-order valence-corrected chi connectivity index (χ2v) is 16.9. The quantitative estimate of drug-likeness (QED) is 0.184. The van der Waals surface area contributed by atoms with E-state index in [0.29, 0.717) is 51.2 Å². The molecular formula is C42H67ClN4O8. The van der Waals surface area contributed by atoms with Crippen LogP contribution in [0.3, 0.4) is 0 Å². The van der Waals surface area contributed by atoms with E-state index < -0.39 is 29.1 Å². The van der Waals surface area contributed by atoms with Crippen LogP contribution in [0, 0.1) is 23.7 Å². The molecule has 0 saturated carbocycles. The first-order valence-electron chi connectivity index (χ1n) is 19.7. The number of hydrogen-bond acceptors (Lipinski definition) is 8. The standard InChI is InChI=1S/C20H28N2O3.C17H28N2O4.C4H7ClO.CH4/c1-15(2)13-17(18(23)25-14-16-7-4-3-5-8-16)22-12-10-20(19(22)24)9-6-11-21-20;1-11(2)10-13(15(21)22)18-9-7-17(16(18)23)6-5-8-19(17)14(20)12(3)4;1-3(2)4(5)6;/h3-5,7-8,15,17,21H,6,9-14H2,1-2H3;11-13H,5-10H2,1-4H3,(H,21,22);3H,1-2H3;1H4/t17-,20-;13-,17-;;/m11../s1. The zero-order valence-corrected chi connectivity index (χ0v) is 34.3. The van der Waals surface area contributed by atoms with Crippen molar-refractivity contribution in [2.45, 2.75) is 144 Å². The monoisotopic (exact) mass is 790 g/mol. The summed E-state index contributed by atoms with van der Waals surface area (Å²) in [5.74, 6) is -1.01. The molecule has 310 valence electrons. The Labute approximate surface area is 334 Å². The van der Waals surface area contributed by atoms with Gasteiger partial charge >= 0.3 is 11.9 Å². The van der Waals surface area contributed by atoms with Gasteiger partial charge in [-0.05, 0) is 86.9 Å². The highest BCUT2D eigenvalue weighted by atomic mass is 35.5. The van der Waals surface area contributed by atoms with Gasteiger partial charge in [0.25, 0.3) is 0 Å². The topological polar surface area (TPSA) is 154 Å². The van der Waals surface area contributed by atoms with Crippen LogP contribution >= 0.6 is 11.6 Å². The van der Waals surface area contributed by atoms with Gasteiger partial charge in [-0.2, -0.15) is 0 Å². The first kappa shape index (κ1) is 47.6. The van der Waals surface area contributed by atoms with Gasteiger partial charge in [-0.1, -0.05) is 93.1 Å². The average Bonchev–Trinajstić information content (AvgIpc) is 3.91. The van der Waals surface area contributed by atoms with Gasteiger partial charge in [0.05, 0.1) is 5.54 Å². The minimum absolute atomic E-state index is 0. The molecule has 13 heteroatoms. The minimum Gasteiger partial charge on any atom is -0.480 e. The Morgan fingerprint density at radius 2 is 1.35 bits per heavy atom. The van der Waals surface area contributed by atoms with Crippen LogP contribution in [0.1, 0.15) is 120 Å². The van der Waals surface area contributed by atoms with Crippen LogP contribution in [0.25, 0.3) is 0 Å². The highest BCUT2D eigenvalue weighted by molar-refractivity contribution is 6.63. The zero-order chi connectivity index (χ0) is 40.4. The van der Waals surface area contributed by atoms with Gasteiger partial charge in [-0.3, -0.25) is 19.2 Å². The highest BCUT2D eigenvalue weighted by Crippen LogP contribution is 2.41. The van der Waals surface area contributed by atoms with Crippen molar-refractivity contribution < 1.29 is 38.6 Å². The van der Waals surface area contributed by atoms with Crippen LogP contribution in [0.2, 0.25) is 0 Å². The van der Waals surface area contributed by atoms with Gasteiger partial charge in [-0.25, -0.2) is 9.59 Å². The molecule has 4 aliphatic rings. The van der Waals surface area contributed by atoms with E-state index in [0.717, 1.165) is 37.8 Å². The Morgan fingerprint density at radius 3 is 1.85 bits per heavy atom. The summed E-state index contributed by atoms with van der Waals surface area (Å²) in [4.78, 5) is 77.8. The number of nitrogens with one attached hydrogen (secondary N) is 1. The number of halogens is 1. The fourth-order valence-electron chi connectivity index (χ4n) is 7.80. The van der Waals surface area contributed by atoms with Crippen LogP contribution in [0.5, 0.6) is 0 Å². The lowest BCUT2D eigenvalue weighted by molar-refractivity contribution is -0.156. The van der Waals surface area contributed by atoms with Crippen molar-refractivity contribution in [3.05, 3.63) is 35.9 Å². The molecule has 1 aromatic rings. The van der Waals surface area contributed by atoms with Crippen molar-refractivity contribution in [2.24, 2.45) is 23.7 Å². The number of carboxylic acids is 1. The van der Waals surface area contributed by atoms with Gasteiger partial charge in [0.2, 0.25) is 23.0 Å². The third-order valence-electron chi connectivity index (χ3n) is 10.7. The number of likely N-dealkylation sites (tertiary alicyclic amines) is 3. The normalized spacial score (nSPS) is 22.9. The van der Waals surface area contributed by atoms with E-state index in [1.807, 2.05) is 58.0 Å². The van der Waals surface area contributed by atoms with Crippen LogP contribution < -0.4 is 5.32 Å². The van der Waals surface area contributed by atoms with Gasteiger partial charge in [0.15, 0.2) is 0 Å². The lowest BCUT2D eigenvalue weighted by Crippen LogP contribution is -2.55. The van der Waals surface area contributed by atoms with E-state index in [9.17, 15) is 33.9 Å². The summed E-state index contributed by atoms with van der Waals surface area (Å²) < 4.78 is 5.55. The molecule has 4 atom stereocenters. The number of amides is 3. The van der Waals surface area contributed by atoms with Crippen LogP contribution in [-0.4, -0.2) is 104 Å². The SMILES string of the molecule is C.CC(C)C(=O)Cl.CC(C)C[C@H](C(=O)O)N1CC[C@]2(CCCN2C(=O)C(C)C)C1=O.CC(C)C[C@H](C(=O)OCc1ccccc1)N1CC[C@]2(CCCN2)C1=O. The third kappa shape index (κ3) is 12.0. The van der Waals surface area contributed by atoms with Gasteiger partial charge < -0.3 is 29.9 Å². The average molecular weight is 791 g/mol. The Morgan fingerprint density at radius 1 is 0.782 bits per heavy atom. The molecule has 12 nitrogen and oxygen atoms in total. The molecule has 0 aliphatic carbocycles. The Kier molecular flexibility index (Phi) is 18.3. The van der Waals surface area contributed by atoms with E-state index in [2.05, 4.69) is 19.2 Å². The Balaban J connectivity index is 0.000000327. The smallest absolute Gasteiger partial charge is 0.329 e. The van der Waals surface area contributed by atoms with Crippen molar-refractivity contribution in [1.29, 1.82) is 0 Å².